The predicted octanol–water partition coefficient (Wildman–Crippen LogP) is 3.79. The minimum Gasteiger partial charge on any atom is -0.452 e. The van der Waals surface area contributed by atoms with Crippen molar-refractivity contribution in [3.8, 4) is 0 Å². The van der Waals surface area contributed by atoms with E-state index in [0.29, 0.717) is 16.5 Å². The number of nitro groups is 1. The summed E-state index contributed by atoms with van der Waals surface area (Å²) >= 11 is 7.03. The number of nitro benzene ring substituents is 1. The lowest BCUT2D eigenvalue weighted by Crippen LogP contribution is -2.30. The number of carbonyl (C=O) groups is 2. The normalized spacial score (nSPS) is 10.3. The fourth-order valence-electron chi connectivity index (χ4n) is 2.23. The minimum absolute atomic E-state index is 0.0210. The van der Waals surface area contributed by atoms with Crippen LogP contribution in [0.15, 0.2) is 47.4 Å². The van der Waals surface area contributed by atoms with Gasteiger partial charge in [-0.3, -0.25) is 14.9 Å². The molecule has 7 nitrogen and oxygen atoms in total. The first kappa shape index (κ1) is 20.7. The maximum atomic E-state index is 12.1. The number of thioether (sulfide) groups is 1. The predicted molar refractivity (Wildman–Crippen MR) is 103 cm³/mol. The van der Waals surface area contributed by atoms with Gasteiger partial charge in [-0.05, 0) is 36.1 Å². The van der Waals surface area contributed by atoms with Gasteiger partial charge in [0.15, 0.2) is 6.61 Å². The fourth-order valence-corrected chi connectivity index (χ4v) is 2.91. The van der Waals surface area contributed by atoms with Crippen molar-refractivity contribution in [2.24, 2.45) is 0 Å². The quantitative estimate of drug-likeness (QED) is 0.299. The van der Waals surface area contributed by atoms with E-state index < -0.39 is 23.4 Å². The van der Waals surface area contributed by atoms with Crippen LogP contribution in [0.5, 0.6) is 0 Å². The maximum Gasteiger partial charge on any atom is 0.338 e. The average molecular weight is 409 g/mol. The van der Waals surface area contributed by atoms with Gasteiger partial charge >= 0.3 is 5.97 Å². The molecule has 2 rings (SSSR count). The van der Waals surface area contributed by atoms with E-state index in [-0.39, 0.29) is 11.3 Å². The standard InChI is InChI=1S/C18H17ClN2O5S/c1-20(10-12-3-6-14(19)7-4-12)17(22)11-26-18(23)13-5-8-16(27-2)15(9-13)21(24)25/h3-9H,10-11H2,1-2H3. The zero-order valence-electron chi connectivity index (χ0n) is 14.7. The molecule has 0 saturated carbocycles. The molecular weight excluding hydrogens is 392 g/mol. The number of hydrogen-bond acceptors (Lipinski definition) is 6. The number of halogens is 1. The zero-order valence-corrected chi connectivity index (χ0v) is 16.2. The number of hydrogen-bond donors (Lipinski definition) is 0. The van der Waals surface area contributed by atoms with E-state index in [2.05, 4.69) is 0 Å². The molecule has 0 bridgehead atoms. The van der Waals surface area contributed by atoms with Crippen molar-refractivity contribution in [1.82, 2.24) is 4.90 Å². The third kappa shape index (κ3) is 5.70. The molecule has 0 fully saturated rings. The van der Waals surface area contributed by atoms with Crippen molar-refractivity contribution in [2.45, 2.75) is 11.4 Å². The molecule has 2 aromatic carbocycles. The van der Waals surface area contributed by atoms with Crippen LogP contribution in [-0.2, 0) is 16.1 Å². The van der Waals surface area contributed by atoms with Crippen LogP contribution in [0.1, 0.15) is 15.9 Å². The van der Waals surface area contributed by atoms with E-state index in [1.165, 1.54) is 28.8 Å². The molecule has 27 heavy (non-hydrogen) atoms. The van der Waals surface area contributed by atoms with Crippen molar-refractivity contribution in [2.75, 3.05) is 19.9 Å². The third-order valence-corrected chi connectivity index (χ3v) is 4.73. The first-order valence-corrected chi connectivity index (χ1v) is 9.40. The number of likely N-dealkylation sites (N-methyl/N-ethyl adjacent to an activating group) is 1. The molecule has 0 aromatic heterocycles. The highest BCUT2D eigenvalue weighted by atomic mass is 35.5. The van der Waals surface area contributed by atoms with Gasteiger partial charge in [-0.25, -0.2) is 4.79 Å². The number of benzene rings is 2. The van der Waals surface area contributed by atoms with E-state index in [1.807, 2.05) is 0 Å². The Morgan fingerprint density at radius 3 is 2.48 bits per heavy atom. The fraction of sp³-hybridized carbons (Fsp3) is 0.222. The lowest BCUT2D eigenvalue weighted by Gasteiger charge is -2.17. The van der Waals surface area contributed by atoms with Gasteiger partial charge < -0.3 is 9.64 Å². The van der Waals surface area contributed by atoms with Crippen molar-refractivity contribution in [1.29, 1.82) is 0 Å². The Kier molecular flexibility index (Phi) is 7.20. The molecule has 0 heterocycles. The largest absolute Gasteiger partial charge is 0.452 e. The van der Waals surface area contributed by atoms with Gasteiger partial charge in [0.25, 0.3) is 11.6 Å². The highest BCUT2D eigenvalue weighted by Gasteiger charge is 2.19. The number of ether oxygens (including phenoxy) is 1. The van der Waals surface area contributed by atoms with Gasteiger partial charge in [0.1, 0.15) is 0 Å². The lowest BCUT2D eigenvalue weighted by molar-refractivity contribution is -0.387. The Morgan fingerprint density at radius 2 is 1.89 bits per heavy atom. The molecule has 9 heteroatoms. The molecule has 0 spiro atoms. The molecule has 0 aliphatic carbocycles. The summed E-state index contributed by atoms with van der Waals surface area (Å²) in [6.45, 7) is -0.123. The van der Waals surface area contributed by atoms with E-state index in [0.717, 1.165) is 11.6 Å². The van der Waals surface area contributed by atoms with Gasteiger partial charge in [-0.15, -0.1) is 11.8 Å². The average Bonchev–Trinajstić information content (AvgIpc) is 2.66. The van der Waals surface area contributed by atoms with Gasteiger partial charge in [0.05, 0.1) is 15.4 Å². The molecule has 0 N–H and O–H groups in total. The van der Waals surface area contributed by atoms with Crippen LogP contribution in [0.25, 0.3) is 0 Å². The van der Waals surface area contributed by atoms with Gasteiger partial charge in [0.2, 0.25) is 0 Å². The first-order chi connectivity index (χ1) is 12.8. The van der Waals surface area contributed by atoms with Crippen molar-refractivity contribution >= 4 is 40.9 Å². The second-order valence-electron chi connectivity index (χ2n) is 5.60. The van der Waals surface area contributed by atoms with E-state index in [9.17, 15) is 19.7 Å². The van der Waals surface area contributed by atoms with Crippen LogP contribution in [-0.4, -0.2) is 41.6 Å². The summed E-state index contributed by atoms with van der Waals surface area (Å²) < 4.78 is 5.00. The summed E-state index contributed by atoms with van der Waals surface area (Å²) in [7, 11) is 1.59. The lowest BCUT2D eigenvalue weighted by atomic mass is 10.2. The van der Waals surface area contributed by atoms with Gasteiger partial charge in [-0.2, -0.15) is 0 Å². The molecule has 0 saturated heterocycles. The monoisotopic (exact) mass is 408 g/mol. The van der Waals surface area contributed by atoms with Crippen LogP contribution >= 0.6 is 23.4 Å². The van der Waals surface area contributed by atoms with Crippen LogP contribution in [0.2, 0.25) is 5.02 Å². The van der Waals surface area contributed by atoms with Gasteiger partial charge in [-0.1, -0.05) is 23.7 Å². The topological polar surface area (TPSA) is 89.8 Å². The van der Waals surface area contributed by atoms with E-state index in [1.54, 1.807) is 37.6 Å². The van der Waals surface area contributed by atoms with Crippen LogP contribution in [0.4, 0.5) is 5.69 Å². The molecule has 0 unspecified atom stereocenters. The molecule has 1 amide bonds. The molecule has 2 aromatic rings. The first-order valence-electron chi connectivity index (χ1n) is 7.79. The summed E-state index contributed by atoms with van der Waals surface area (Å²) in [5.41, 5.74) is 0.723. The maximum absolute atomic E-state index is 12.1. The summed E-state index contributed by atoms with van der Waals surface area (Å²) in [6.07, 6.45) is 1.70. The van der Waals surface area contributed by atoms with Crippen LogP contribution < -0.4 is 0 Å². The molecular formula is C18H17ClN2O5S. The SMILES string of the molecule is CSc1ccc(C(=O)OCC(=O)N(C)Cc2ccc(Cl)cc2)cc1[N+](=O)[O-]. The number of esters is 1. The Bertz CT molecular complexity index is 857. The Hall–Kier alpha value is -2.58. The smallest absolute Gasteiger partial charge is 0.338 e. The number of carbonyl (C=O) groups excluding carboxylic acids is 2. The third-order valence-electron chi connectivity index (χ3n) is 3.70. The summed E-state index contributed by atoms with van der Waals surface area (Å²) in [6, 6.07) is 11.1. The van der Waals surface area contributed by atoms with Gasteiger partial charge in [0, 0.05) is 24.7 Å². The summed E-state index contributed by atoms with van der Waals surface area (Å²) in [4.78, 5) is 36.6. The van der Waals surface area contributed by atoms with Crippen molar-refractivity contribution in [3.05, 3.63) is 68.7 Å². The highest BCUT2D eigenvalue weighted by Crippen LogP contribution is 2.28. The van der Waals surface area contributed by atoms with Crippen molar-refractivity contribution < 1.29 is 19.2 Å². The highest BCUT2D eigenvalue weighted by molar-refractivity contribution is 7.98. The van der Waals surface area contributed by atoms with E-state index >= 15 is 0 Å². The second kappa shape index (κ2) is 9.38. The second-order valence-corrected chi connectivity index (χ2v) is 6.88. The molecule has 0 aliphatic heterocycles. The Balaban J connectivity index is 1.96. The Morgan fingerprint density at radius 1 is 1.22 bits per heavy atom. The number of amides is 1. The van der Waals surface area contributed by atoms with Crippen LogP contribution in [0, 0.1) is 10.1 Å². The molecule has 142 valence electrons. The molecule has 0 radical (unpaired) electrons. The Labute approximate surface area is 165 Å². The minimum atomic E-state index is -0.793. The molecule has 0 aliphatic rings. The molecule has 0 atom stereocenters. The zero-order chi connectivity index (χ0) is 20.0. The van der Waals surface area contributed by atoms with E-state index in [4.69, 9.17) is 16.3 Å². The van der Waals surface area contributed by atoms with Crippen LogP contribution in [0.3, 0.4) is 0 Å². The number of nitrogens with zero attached hydrogens (tertiary/aromatic N) is 2. The summed E-state index contributed by atoms with van der Waals surface area (Å²) in [5, 5.41) is 11.7. The van der Waals surface area contributed by atoms with Crippen molar-refractivity contribution in [3.63, 3.8) is 0 Å². The summed E-state index contributed by atoms with van der Waals surface area (Å²) in [5.74, 6) is -1.19. The number of rotatable bonds is 7.